The first-order valence-electron chi connectivity index (χ1n) is 9.49. The molecule has 0 atom stereocenters. The number of hydrogen-bond acceptors (Lipinski definition) is 6. The highest BCUT2D eigenvalue weighted by Crippen LogP contribution is 2.35. The molecule has 0 aliphatic rings. The molecule has 2 aromatic heterocycles. The summed E-state index contributed by atoms with van der Waals surface area (Å²) in [6, 6.07) is 11.2. The van der Waals surface area contributed by atoms with E-state index in [2.05, 4.69) is 15.3 Å². The number of halogens is 3. The number of carbonyl (C=O) groups excluding carboxylic acids is 1. The van der Waals surface area contributed by atoms with Crippen molar-refractivity contribution in [2.75, 3.05) is 37.0 Å². The van der Waals surface area contributed by atoms with E-state index in [9.17, 15) is 18.0 Å². The minimum absolute atomic E-state index is 0.226. The van der Waals surface area contributed by atoms with Crippen molar-refractivity contribution < 1.29 is 27.1 Å². The zero-order valence-electron chi connectivity index (χ0n) is 16.9. The zero-order valence-corrected chi connectivity index (χ0v) is 16.9. The maximum Gasteiger partial charge on any atom is 0.452 e. The molecule has 1 N–H and O–H groups in total. The third kappa shape index (κ3) is 5.60. The molecule has 0 saturated carbocycles. The van der Waals surface area contributed by atoms with Gasteiger partial charge < -0.3 is 19.4 Å². The first-order chi connectivity index (χ1) is 14.8. The van der Waals surface area contributed by atoms with E-state index in [1.54, 1.807) is 42.5 Å². The lowest BCUT2D eigenvalue weighted by Crippen LogP contribution is -2.23. The monoisotopic (exact) mass is 434 g/mol. The number of ether oxygens (including phenoxy) is 1. The lowest BCUT2D eigenvalue weighted by Gasteiger charge is -2.18. The number of benzene rings is 1. The Labute approximate surface area is 176 Å². The number of oxazole rings is 1. The number of aromatic nitrogens is 2. The smallest absolute Gasteiger partial charge is 0.431 e. The van der Waals surface area contributed by atoms with Gasteiger partial charge in [0.25, 0.3) is 5.91 Å². The largest absolute Gasteiger partial charge is 0.452 e. The number of nitrogens with one attached hydrogen (secondary N) is 1. The maximum absolute atomic E-state index is 13.4. The van der Waals surface area contributed by atoms with Crippen LogP contribution in [0, 0.1) is 0 Å². The molecule has 0 radical (unpaired) electrons. The van der Waals surface area contributed by atoms with Gasteiger partial charge in [0.05, 0.1) is 18.5 Å². The summed E-state index contributed by atoms with van der Waals surface area (Å²) in [6.07, 6.45) is -3.52. The average Bonchev–Trinajstić information content (AvgIpc) is 3.21. The third-order valence-corrected chi connectivity index (χ3v) is 4.29. The number of hydrogen-bond donors (Lipinski definition) is 1. The Hall–Kier alpha value is -3.40. The fourth-order valence-corrected chi connectivity index (χ4v) is 2.71. The molecule has 10 heteroatoms. The number of likely N-dealkylation sites (N-methyl/N-ethyl adjacent to an activating group) is 1. The molecule has 0 spiro atoms. The number of anilines is 2. The SMILES string of the molecule is CCOCCN(C)c1ccc(NC(=O)c2nc(-c3ccccc3)oc2C(F)(F)F)cn1. The van der Waals surface area contributed by atoms with E-state index in [0.717, 1.165) is 0 Å². The summed E-state index contributed by atoms with van der Waals surface area (Å²) in [5.74, 6) is -2.16. The second-order valence-corrected chi connectivity index (χ2v) is 6.54. The lowest BCUT2D eigenvalue weighted by atomic mass is 10.2. The van der Waals surface area contributed by atoms with E-state index >= 15 is 0 Å². The van der Waals surface area contributed by atoms with Crippen LogP contribution in [0.5, 0.6) is 0 Å². The Morgan fingerprint density at radius 2 is 1.94 bits per heavy atom. The van der Waals surface area contributed by atoms with Gasteiger partial charge in [-0.2, -0.15) is 13.2 Å². The molecule has 3 rings (SSSR count). The van der Waals surface area contributed by atoms with Gasteiger partial charge in [0.2, 0.25) is 11.7 Å². The first-order valence-corrected chi connectivity index (χ1v) is 9.49. The summed E-state index contributed by atoms with van der Waals surface area (Å²) < 4.78 is 50.4. The molecule has 1 aromatic carbocycles. The van der Waals surface area contributed by atoms with Crippen molar-refractivity contribution in [2.45, 2.75) is 13.1 Å². The Balaban J connectivity index is 1.77. The number of carbonyl (C=O) groups is 1. The van der Waals surface area contributed by atoms with Gasteiger partial charge in [-0.25, -0.2) is 9.97 Å². The van der Waals surface area contributed by atoms with Gasteiger partial charge in [-0.1, -0.05) is 18.2 Å². The molecule has 0 aliphatic carbocycles. The first kappa shape index (κ1) is 22.3. The molecule has 0 saturated heterocycles. The summed E-state index contributed by atoms with van der Waals surface area (Å²) in [6.45, 7) is 3.66. The molecule has 1 amide bonds. The second kappa shape index (κ2) is 9.61. The summed E-state index contributed by atoms with van der Waals surface area (Å²) >= 11 is 0. The Morgan fingerprint density at radius 3 is 2.55 bits per heavy atom. The minimum Gasteiger partial charge on any atom is -0.431 e. The summed E-state index contributed by atoms with van der Waals surface area (Å²) in [5, 5.41) is 2.39. The molecule has 3 aromatic rings. The van der Waals surface area contributed by atoms with Crippen LogP contribution >= 0.6 is 0 Å². The van der Waals surface area contributed by atoms with Crippen molar-refractivity contribution in [1.29, 1.82) is 0 Å². The van der Waals surface area contributed by atoms with Crippen molar-refractivity contribution in [1.82, 2.24) is 9.97 Å². The standard InChI is InChI=1S/C21H21F3N4O3/c1-3-30-12-11-28(2)16-10-9-15(13-25-16)26-19(29)17-18(21(22,23)24)31-20(27-17)14-7-5-4-6-8-14/h4-10,13H,3,11-12H2,1-2H3,(H,26,29). The predicted octanol–water partition coefficient (Wildman–Crippen LogP) is 4.48. The van der Waals surface area contributed by atoms with E-state index in [1.165, 1.54) is 6.20 Å². The van der Waals surface area contributed by atoms with Crippen LogP contribution in [0.3, 0.4) is 0 Å². The highest BCUT2D eigenvalue weighted by molar-refractivity contribution is 6.04. The maximum atomic E-state index is 13.4. The Morgan fingerprint density at radius 1 is 1.19 bits per heavy atom. The number of rotatable bonds is 8. The summed E-state index contributed by atoms with van der Waals surface area (Å²) in [7, 11) is 1.83. The number of pyridine rings is 1. The van der Waals surface area contributed by atoms with Crippen LogP contribution in [-0.2, 0) is 10.9 Å². The normalized spacial score (nSPS) is 11.4. The molecule has 0 unspecified atom stereocenters. The van der Waals surface area contributed by atoms with Gasteiger partial charge in [0.1, 0.15) is 5.82 Å². The number of nitrogens with zero attached hydrogens (tertiary/aromatic N) is 3. The van der Waals surface area contributed by atoms with Gasteiger partial charge in [-0.15, -0.1) is 0 Å². The van der Waals surface area contributed by atoms with Crippen LogP contribution in [0.4, 0.5) is 24.7 Å². The van der Waals surface area contributed by atoms with Gasteiger partial charge in [-0.05, 0) is 31.2 Å². The molecule has 31 heavy (non-hydrogen) atoms. The molecule has 0 fully saturated rings. The van der Waals surface area contributed by atoms with Crippen LogP contribution in [-0.4, -0.2) is 42.7 Å². The summed E-state index contributed by atoms with van der Waals surface area (Å²) in [4.78, 5) is 22.4. The molecular weight excluding hydrogens is 413 g/mol. The number of alkyl halides is 3. The van der Waals surface area contributed by atoms with E-state index in [4.69, 9.17) is 9.15 Å². The topological polar surface area (TPSA) is 80.5 Å². The van der Waals surface area contributed by atoms with Gasteiger partial charge in [0, 0.05) is 25.8 Å². The van der Waals surface area contributed by atoms with Crippen molar-refractivity contribution >= 4 is 17.4 Å². The lowest BCUT2D eigenvalue weighted by molar-refractivity contribution is -0.153. The quantitative estimate of drug-likeness (QED) is 0.527. The average molecular weight is 434 g/mol. The zero-order chi connectivity index (χ0) is 22.4. The minimum atomic E-state index is -4.88. The van der Waals surface area contributed by atoms with Crippen molar-refractivity contribution in [3.05, 3.63) is 60.1 Å². The highest BCUT2D eigenvalue weighted by atomic mass is 19.4. The fraction of sp³-hybridized carbons (Fsp3) is 0.286. The van der Waals surface area contributed by atoms with Gasteiger partial charge in [0.15, 0.2) is 5.69 Å². The second-order valence-electron chi connectivity index (χ2n) is 6.54. The van der Waals surface area contributed by atoms with Crippen LogP contribution in [0.2, 0.25) is 0 Å². The number of amides is 1. The van der Waals surface area contributed by atoms with E-state index in [-0.39, 0.29) is 11.6 Å². The van der Waals surface area contributed by atoms with E-state index in [1.807, 2.05) is 18.9 Å². The van der Waals surface area contributed by atoms with Crippen molar-refractivity contribution in [3.63, 3.8) is 0 Å². The van der Waals surface area contributed by atoms with Gasteiger partial charge >= 0.3 is 6.18 Å². The van der Waals surface area contributed by atoms with Crippen LogP contribution in [0.15, 0.2) is 53.1 Å². The van der Waals surface area contributed by atoms with Gasteiger partial charge in [-0.3, -0.25) is 4.79 Å². The Kier molecular flexibility index (Phi) is 6.91. The Bertz CT molecular complexity index is 1000. The van der Waals surface area contributed by atoms with E-state index in [0.29, 0.717) is 31.1 Å². The van der Waals surface area contributed by atoms with E-state index < -0.39 is 23.5 Å². The third-order valence-electron chi connectivity index (χ3n) is 4.29. The van der Waals surface area contributed by atoms with Crippen molar-refractivity contribution in [2.24, 2.45) is 0 Å². The fourth-order valence-electron chi connectivity index (χ4n) is 2.71. The summed E-state index contributed by atoms with van der Waals surface area (Å²) in [5.41, 5.74) is -0.290. The van der Waals surface area contributed by atoms with Crippen LogP contribution in [0.25, 0.3) is 11.5 Å². The molecule has 0 bridgehead atoms. The molecule has 0 aliphatic heterocycles. The predicted molar refractivity (Wildman–Crippen MR) is 109 cm³/mol. The molecule has 2 heterocycles. The molecule has 164 valence electrons. The molecule has 7 nitrogen and oxygen atoms in total. The molecular formula is C21H21F3N4O3. The van der Waals surface area contributed by atoms with Crippen LogP contribution in [0.1, 0.15) is 23.2 Å². The van der Waals surface area contributed by atoms with Crippen molar-refractivity contribution in [3.8, 4) is 11.5 Å². The highest BCUT2D eigenvalue weighted by Gasteiger charge is 2.42. The van der Waals surface area contributed by atoms with Crippen LogP contribution < -0.4 is 10.2 Å².